The molecule has 1 aromatic rings. The third-order valence-corrected chi connectivity index (χ3v) is 2.44. The lowest BCUT2D eigenvalue weighted by atomic mass is 10.0. The number of benzene rings is 1. The Morgan fingerprint density at radius 2 is 1.62 bits per heavy atom. The maximum atomic E-state index is 5.12. The highest BCUT2D eigenvalue weighted by Gasteiger charge is 2.08. The molecule has 0 aliphatic carbocycles. The summed E-state index contributed by atoms with van der Waals surface area (Å²) in [6, 6.07) is 4.24. The quantitative estimate of drug-likeness (QED) is 0.636. The van der Waals surface area contributed by atoms with Crippen LogP contribution in [-0.4, -0.2) is 12.2 Å². The molecule has 0 fully saturated rings. The molecule has 0 aromatic heterocycles. The third-order valence-electron chi connectivity index (χ3n) is 2.07. The summed E-state index contributed by atoms with van der Waals surface area (Å²) in [6.07, 6.45) is 0. The molecule has 2 heteroatoms. The SMILES string of the molecule is COC(=S)c1c(C)cc(C)cc1C. The number of rotatable bonds is 1. The van der Waals surface area contributed by atoms with E-state index in [0.29, 0.717) is 5.05 Å². The van der Waals surface area contributed by atoms with Gasteiger partial charge in [-0.25, -0.2) is 0 Å². The summed E-state index contributed by atoms with van der Waals surface area (Å²) >= 11 is 5.12. The van der Waals surface area contributed by atoms with Crippen molar-refractivity contribution in [1.82, 2.24) is 0 Å². The lowest BCUT2D eigenvalue weighted by molar-refractivity contribution is 0.415. The second-order valence-electron chi connectivity index (χ2n) is 3.27. The fraction of sp³-hybridized carbons (Fsp3) is 0.364. The Morgan fingerprint density at radius 1 is 1.15 bits per heavy atom. The number of aryl methyl sites for hydroxylation is 3. The van der Waals surface area contributed by atoms with Crippen molar-refractivity contribution in [2.75, 3.05) is 7.11 Å². The number of methoxy groups -OCH3 is 1. The number of thiocarbonyl (C=S) groups is 1. The van der Waals surface area contributed by atoms with Crippen LogP contribution in [0.4, 0.5) is 0 Å². The second kappa shape index (κ2) is 3.88. The van der Waals surface area contributed by atoms with Crippen molar-refractivity contribution in [3.8, 4) is 0 Å². The van der Waals surface area contributed by atoms with Gasteiger partial charge in [0.15, 0.2) is 5.05 Å². The summed E-state index contributed by atoms with van der Waals surface area (Å²) in [5.41, 5.74) is 4.69. The van der Waals surface area contributed by atoms with Gasteiger partial charge in [0.05, 0.1) is 7.11 Å². The van der Waals surface area contributed by atoms with Crippen LogP contribution in [0.3, 0.4) is 0 Å². The van der Waals surface area contributed by atoms with Gasteiger partial charge in [-0.1, -0.05) is 17.7 Å². The maximum absolute atomic E-state index is 5.12. The number of hydrogen-bond acceptors (Lipinski definition) is 2. The van der Waals surface area contributed by atoms with Crippen molar-refractivity contribution in [2.45, 2.75) is 20.8 Å². The summed E-state index contributed by atoms with van der Waals surface area (Å²) in [5, 5.41) is 0.579. The summed E-state index contributed by atoms with van der Waals surface area (Å²) in [4.78, 5) is 0. The fourth-order valence-electron chi connectivity index (χ4n) is 1.60. The van der Waals surface area contributed by atoms with Gasteiger partial charge in [-0.3, -0.25) is 0 Å². The Hall–Kier alpha value is -0.890. The zero-order chi connectivity index (χ0) is 10.0. The van der Waals surface area contributed by atoms with Gasteiger partial charge in [-0.15, -0.1) is 0 Å². The Kier molecular flexibility index (Phi) is 3.04. The predicted molar refractivity (Wildman–Crippen MR) is 59.4 cm³/mol. The molecule has 0 bridgehead atoms. The molecule has 13 heavy (non-hydrogen) atoms. The van der Waals surface area contributed by atoms with Crippen molar-refractivity contribution in [1.29, 1.82) is 0 Å². The van der Waals surface area contributed by atoms with Gasteiger partial charge in [0.25, 0.3) is 0 Å². The van der Waals surface area contributed by atoms with Crippen LogP contribution in [0, 0.1) is 20.8 Å². The lowest BCUT2D eigenvalue weighted by Crippen LogP contribution is -2.05. The Labute approximate surface area is 84.7 Å². The van der Waals surface area contributed by atoms with E-state index in [-0.39, 0.29) is 0 Å². The summed E-state index contributed by atoms with van der Waals surface area (Å²) < 4.78 is 5.07. The number of ether oxygens (including phenoxy) is 1. The average Bonchev–Trinajstić information content (AvgIpc) is 2.02. The normalized spacial score (nSPS) is 9.85. The molecule has 0 spiro atoms. The van der Waals surface area contributed by atoms with E-state index in [9.17, 15) is 0 Å². The smallest absolute Gasteiger partial charge is 0.191 e. The van der Waals surface area contributed by atoms with Crippen LogP contribution in [0.2, 0.25) is 0 Å². The molecule has 70 valence electrons. The lowest BCUT2D eigenvalue weighted by Gasteiger charge is -2.10. The van der Waals surface area contributed by atoms with E-state index in [4.69, 9.17) is 17.0 Å². The molecule has 0 aliphatic heterocycles. The van der Waals surface area contributed by atoms with Crippen molar-refractivity contribution in [3.05, 3.63) is 34.4 Å². The van der Waals surface area contributed by atoms with Crippen molar-refractivity contribution >= 4 is 17.3 Å². The van der Waals surface area contributed by atoms with E-state index in [1.165, 1.54) is 16.7 Å². The first kappa shape index (κ1) is 10.2. The first-order valence-electron chi connectivity index (χ1n) is 4.22. The Bertz CT molecular complexity index is 319. The van der Waals surface area contributed by atoms with E-state index in [0.717, 1.165) is 5.56 Å². The van der Waals surface area contributed by atoms with Gasteiger partial charge in [-0.05, 0) is 44.1 Å². The molecule has 1 rings (SSSR count). The van der Waals surface area contributed by atoms with Crippen LogP contribution in [0.25, 0.3) is 0 Å². The molecule has 0 amide bonds. The van der Waals surface area contributed by atoms with Crippen molar-refractivity contribution in [2.24, 2.45) is 0 Å². The largest absolute Gasteiger partial charge is 0.486 e. The van der Waals surface area contributed by atoms with E-state index in [2.05, 4.69) is 32.9 Å². The molecule has 0 atom stereocenters. The van der Waals surface area contributed by atoms with Crippen LogP contribution in [0.5, 0.6) is 0 Å². The zero-order valence-corrected chi connectivity index (χ0v) is 9.29. The van der Waals surface area contributed by atoms with E-state index < -0.39 is 0 Å². The first-order valence-corrected chi connectivity index (χ1v) is 4.63. The van der Waals surface area contributed by atoms with Crippen LogP contribution in [0.15, 0.2) is 12.1 Å². The van der Waals surface area contributed by atoms with E-state index >= 15 is 0 Å². The number of hydrogen-bond donors (Lipinski definition) is 0. The van der Waals surface area contributed by atoms with Gasteiger partial charge in [0, 0.05) is 5.56 Å². The van der Waals surface area contributed by atoms with Gasteiger partial charge >= 0.3 is 0 Å². The third kappa shape index (κ3) is 2.07. The summed E-state index contributed by atoms with van der Waals surface area (Å²) in [6.45, 7) is 6.20. The molecule has 0 unspecified atom stereocenters. The predicted octanol–water partition coefficient (Wildman–Crippen LogP) is 2.93. The topological polar surface area (TPSA) is 9.23 Å². The zero-order valence-electron chi connectivity index (χ0n) is 8.47. The van der Waals surface area contributed by atoms with Crippen LogP contribution < -0.4 is 0 Å². The molecule has 0 radical (unpaired) electrons. The molecule has 0 saturated carbocycles. The van der Waals surface area contributed by atoms with Gasteiger partial charge in [0.2, 0.25) is 0 Å². The minimum Gasteiger partial charge on any atom is -0.486 e. The summed E-state index contributed by atoms with van der Waals surface area (Å²) in [7, 11) is 1.61. The molecule has 0 aliphatic rings. The molecule has 0 heterocycles. The van der Waals surface area contributed by atoms with E-state index in [1.807, 2.05) is 0 Å². The fourth-order valence-corrected chi connectivity index (χ4v) is 1.93. The summed E-state index contributed by atoms with van der Waals surface area (Å²) in [5.74, 6) is 0. The Morgan fingerprint density at radius 3 is 2.00 bits per heavy atom. The molecule has 0 saturated heterocycles. The van der Waals surface area contributed by atoms with Crippen LogP contribution in [-0.2, 0) is 4.74 Å². The molecule has 1 aromatic carbocycles. The second-order valence-corrected chi connectivity index (χ2v) is 3.64. The molecular weight excluding hydrogens is 180 g/mol. The van der Waals surface area contributed by atoms with Crippen LogP contribution >= 0.6 is 12.2 Å². The maximum Gasteiger partial charge on any atom is 0.191 e. The molecule has 0 N–H and O–H groups in total. The van der Waals surface area contributed by atoms with Gasteiger partial charge in [0.1, 0.15) is 0 Å². The molecule has 1 nitrogen and oxygen atoms in total. The first-order chi connectivity index (χ1) is 6.06. The van der Waals surface area contributed by atoms with Gasteiger partial charge in [-0.2, -0.15) is 0 Å². The average molecular weight is 194 g/mol. The van der Waals surface area contributed by atoms with Gasteiger partial charge < -0.3 is 4.74 Å². The van der Waals surface area contributed by atoms with Crippen molar-refractivity contribution < 1.29 is 4.74 Å². The van der Waals surface area contributed by atoms with Crippen molar-refractivity contribution in [3.63, 3.8) is 0 Å². The standard InChI is InChI=1S/C11H14OS/c1-7-5-8(2)10(9(3)6-7)11(13)12-4/h5-6H,1-4H3. The highest BCUT2D eigenvalue weighted by molar-refractivity contribution is 7.80. The van der Waals surface area contributed by atoms with E-state index in [1.54, 1.807) is 7.11 Å². The Balaban J connectivity index is 3.28. The minimum atomic E-state index is 0.579. The highest BCUT2D eigenvalue weighted by atomic mass is 32.1. The van der Waals surface area contributed by atoms with Crippen LogP contribution in [0.1, 0.15) is 22.3 Å². The highest BCUT2D eigenvalue weighted by Crippen LogP contribution is 2.17. The monoisotopic (exact) mass is 194 g/mol. The molecular formula is C11H14OS. The minimum absolute atomic E-state index is 0.579.